The third kappa shape index (κ3) is 11.8. The standard InChI is InChI=1S/C56H96S2Si2/c1-15-17-19-21-23-25-27-29-31-33-35-47-37-49-50(51-39-53(57-55(47)51)59(41(3)4,42(5)6)43(7)8)38-48(36-34-32-30-28-26-24-22-20-18-16-2)56-52(49)40-54(58-56)60(44(9)10,45(11)12)46(13)14/h37-46H,15-36H2,1-14H3. The molecule has 60 heavy (non-hydrogen) atoms. The fraction of sp³-hybridized carbons (Fsp3) is 0.750. The number of hydrogen-bond donors (Lipinski definition) is 0. The van der Waals surface area contributed by atoms with E-state index in [1.54, 1.807) is 51.1 Å². The zero-order valence-corrected chi connectivity index (χ0v) is 45.8. The van der Waals surface area contributed by atoms with Crippen molar-refractivity contribution in [3.63, 3.8) is 0 Å². The van der Waals surface area contributed by atoms with Crippen LogP contribution in [0.4, 0.5) is 0 Å². The summed E-state index contributed by atoms with van der Waals surface area (Å²) in [4.78, 5) is 0. The Morgan fingerprint density at radius 1 is 0.333 bits per heavy atom. The molecule has 4 heteroatoms. The first-order valence-corrected chi connectivity index (χ1v) is 32.3. The summed E-state index contributed by atoms with van der Waals surface area (Å²) in [6.07, 6.45) is 30.5. The molecule has 340 valence electrons. The van der Waals surface area contributed by atoms with Gasteiger partial charge in [0, 0.05) is 20.2 Å². The third-order valence-electron chi connectivity index (χ3n) is 15.7. The van der Waals surface area contributed by atoms with Crippen LogP contribution in [0.15, 0.2) is 24.3 Å². The molecule has 0 N–H and O–H groups in total. The van der Waals surface area contributed by atoms with E-state index in [1.807, 2.05) is 0 Å². The number of aryl methyl sites for hydroxylation is 2. The minimum atomic E-state index is -1.81. The van der Waals surface area contributed by atoms with Crippen molar-refractivity contribution < 1.29 is 0 Å². The van der Waals surface area contributed by atoms with Gasteiger partial charge in [-0.05, 0) is 114 Å². The molecule has 0 radical (unpaired) electrons. The molecule has 0 aliphatic heterocycles. The molecule has 4 rings (SSSR count). The van der Waals surface area contributed by atoms with Gasteiger partial charge in [-0.25, -0.2) is 0 Å². The Bertz CT molecular complexity index is 1660. The maximum absolute atomic E-state index is 2.80. The summed E-state index contributed by atoms with van der Waals surface area (Å²) < 4.78 is 6.84. The van der Waals surface area contributed by atoms with Crippen LogP contribution in [0, 0.1) is 0 Å². The van der Waals surface area contributed by atoms with Crippen LogP contribution < -0.4 is 9.00 Å². The second kappa shape index (κ2) is 24.9. The molecule has 0 aliphatic carbocycles. The molecule has 0 bridgehead atoms. The lowest BCUT2D eigenvalue weighted by Gasteiger charge is -2.42. The van der Waals surface area contributed by atoms with Gasteiger partial charge in [-0.15, -0.1) is 22.7 Å². The van der Waals surface area contributed by atoms with E-state index in [-0.39, 0.29) is 0 Å². The number of fused-ring (bicyclic) bond motifs is 5. The van der Waals surface area contributed by atoms with Crippen molar-refractivity contribution in [2.45, 2.75) is 271 Å². The molecule has 0 amide bonds. The fourth-order valence-corrected chi connectivity index (χ4v) is 33.3. The highest BCUT2D eigenvalue weighted by molar-refractivity contribution is 7.33. The second-order valence-electron chi connectivity index (χ2n) is 21.5. The van der Waals surface area contributed by atoms with Gasteiger partial charge in [0.2, 0.25) is 0 Å². The SMILES string of the molecule is CCCCCCCCCCCCc1cc2c3cc([Si](C(C)C)(C(C)C)C(C)C)sc3c(CCCCCCCCCCCC)cc2c2cc([Si](C(C)C)(C(C)C)C(C)C)sc12. The third-order valence-corrected chi connectivity index (χ3v) is 34.0. The van der Waals surface area contributed by atoms with Crippen LogP contribution in [0.3, 0.4) is 0 Å². The zero-order valence-electron chi connectivity index (χ0n) is 42.1. The van der Waals surface area contributed by atoms with Crippen molar-refractivity contribution in [1.82, 2.24) is 0 Å². The minimum absolute atomic E-state index is 0.724. The van der Waals surface area contributed by atoms with Gasteiger partial charge in [0.25, 0.3) is 0 Å². The van der Waals surface area contributed by atoms with Crippen LogP contribution in [0.25, 0.3) is 30.9 Å². The maximum Gasteiger partial charge on any atom is 0.107 e. The molecular formula is C56H96S2Si2. The Labute approximate surface area is 383 Å². The summed E-state index contributed by atoms with van der Waals surface area (Å²) in [7, 11) is -3.62. The average molecular weight is 890 g/mol. The quantitative estimate of drug-likeness (QED) is 0.0361. The Morgan fingerprint density at radius 3 is 0.833 bits per heavy atom. The van der Waals surface area contributed by atoms with Crippen molar-refractivity contribution in [2.24, 2.45) is 0 Å². The van der Waals surface area contributed by atoms with Gasteiger partial charge in [-0.3, -0.25) is 0 Å². The van der Waals surface area contributed by atoms with Gasteiger partial charge >= 0.3 is 0 Å². The predicted molar refractivity (Wildman–Crippen MR) is 287 cm³/mol. The highest BCUT2D eigenvalue weighted by Gasteiger charge is 2.47. The van der Waals surface area contributed by atoms with E-state index in [4.69, 9.17) is 0 Å². The first-order chi connectivity index (χ1) is 28.7. The Morgan fingerprint density at radius 2 is 0.583 bits per heavy atom. The number of thiophene rings is 2. The molecule has 0 saturated carbocycles. The molecule has 2 heterocycles. The molecule has 0 spiro atoms. The largest absolute Gasteiger partial charge is 0.145 e. The van der Waals surface area contributed by atoms with Gasteiger partial charge in [-0.2, -0.15) is 0 Å². The molecule has 2 aromatic heterocycles. The lowest BCUT2D eigenvalue weighted by molar-refractivity contribution is 0.556. The summed E-state index contributed by atoms with van der Waals surface area (Å²) in [5.41, 5.74) is 7.65. The normalized spacial score (nSPS) is 13.2. The number of unbranched alkanes of at least 4 members (excludes halogenated alkanes) is 18. The minimum Gasteiger partial charge on any atom is -0.145 e. The average Bonchev–Trinajstić information content (AvgIpc) is 3.83. The molecular weight excluding hydrogens is 793 g/mol. The number of rotatable bonds is 30. The summed E-state index contributed by atoms with van der Waals surface area (Å²) in [6.45, 7) is 35.4. The van der Waals surface area contributed by atoms with Crippen LogP contribution in [-0.4, -0.2) is 16.1 Å². The van der Waals surface area contributed by atoms with Crippen molar-refractivity contribution in [3.8, 4) is 0 Å². The summed E-state index contributed by atoms with van der Waals surface area (Å²) in [5.74, 6) is 0. The number of hydrogen-bond acceptors (Lipinski definition) is 2. The molecule has 0 saturated heterocycles. The van der Waals surface area contributed by atoms with Crippen molar-refractivity contribution in [3.05, 3.63) is 35.4 Å². The summed E-state index contributed by atoms with van der Waals surface area (Å²) >= 11 is 4.50. The van der Waals surface area contributed by atoms with E-state index in [0.717, 1.165) is 33.2 Å². The molecule has 0 fully saturated rings. The van der Waals surface area contributed by atoms with E-state index < -0.39 is 16.1 Å². The van der Waals surface area contributed by atoms with Gasteiger partial charge in [-0.1, -0.05) is 213 Å². The Balaban J connectivity index is 1.84. The first-order valence-electron chi connectivity index (χ1n) is 26.2. The molecule has 2 aromatic carbocycles. The van der Waals surface area contributed by atoms with Crippen LogP contribution in [-0.2, 0) is 12.8 Å². The smallest absolute Gasteiger partial charge is 0.107 e. The topological polar surface area (TPSA) is 0 Å². The van der Waals surface area contributed by atoms with E-state index in [0.29, 0.717) is 0 Å². The maximum atomic E-state index is 2.80. The van der Waals surface area contributed by atoms with Crippen LogP contribution >= 0.6 is 22.7 Å². The second-order valence-corrected chi connectivity index (χ2v) is 36.1. The van der Waals surface area contributed by atoms with Crippen LogP contribution in [0.2, 0.25) is 33.2 Å². The van der Waals surface area contributed by atoms with Crippen molar-refractivity contribution in [2.75, 3.05) is 0 Å². The summed E-state index contributed by atoms with van der Waals surface area (Å²) in [5, 5.41) is 6.35. The highest BCUT2D eigenvalue weighted by atomic mass is 32.1. The molecule has 4 aromatic rings. The molecule has 0 aliphatic rings. The van der Waals surface area contributed by atoms with Crippen molar-refractivity contribution in [1.29, 1.82) is 0 Å². The molecule has 0 unspecified atom stereocenters. The first kappa shape index (κ1) is 51.7. The lowest BCUT2D eigenvalue weighted by atomic mass is 9.94. The highest BCUT2D eigenvalue weighted by Crippen LogP contribution is 2.48. The van der Waals surface area contributed by atoms with E-state index >= 15 is 0 Å². The zero-order chi connectivity index (χ0) is 44.0. The Kier molecular flexibility index (Phi) is 21.5. The van der Waals surface area contributed by atoms with Crippen molar-refractivity contribution >= 4 is 78.8 Å². The van der Waals surface area contributed by atoms with E-state index in [9.17, 15) is 0 Å². The lowest BCUT2D eigenvalue weighted by Crippen LogP contribution is -2.54. The van der Waals surface area contributed by atoms with Gasteiger partial charge in [0.05, 0.1) is 0 Å². The monoisotopic (exact) mass is 889 g/mol. The molecule has 0 atom stereocenters. The van der Waals surface area contributed by atoms with E-state index in [2.05, 4.69) is 144 Å². The van der Waals surface area contributed by atoms with Gasteiger partial charge in [0.1, 0.15) is 16.1 Å². The summed E-state index contributed by atoms with van der Waals surface area (Å²) in [6, 6.07) is 11.1. The predicted octanol–water partition coefficient (Wildman–Crippen LogP) is 20.0. The van der Waals surface area contributed by atoms with Crippen LogP contribution in [0.5, 0.6) is 0 Å². The number of benzene rings is 2. The fourth-order valence-electron chi connectivity index (χ4n) is 12.9. The van der Waals surface area contributed by atoms with Gasteiger partial charge in [0.15, 0.2) is 0 Å². The Hall–Kier alpha value is -0.946. The van der Waals surface area contributed by atoms with Gasteiger partial charge < -0.3 is 0 Å². The van der Waals surface area contributed by atoms with Crippen LogP contribution in [0.1, 0.15) is 236 Å². The molecule has 0 nitrogen and oxygen atoms in total. The van der Waals surface area contributed by atoms with E-state index in [1.165, 1.54) is 141 Å².